The molecule has 0 radical (unpaired) electrons. The molecule has 3 nitrogen and oxygen atoms in total. The Bertz CT molecular complexity index is 364. The van der Waals surface area contributed by atoms with Crippen LogP contribution in [0.5, 0.6) is 0 Å². The van der Waals surface area contributed by atoms with Gasteiger partial charge in [-0.2, -0.15) is 0 Å². The van der Waals surface area contributed by atoms with Crippen LogP contribution in [0.2, 0.25) is 0 Å². The Morgan fingerprint density at radius 2 is 2.18 bits per heavy atom. The molecule has 0 amide bonds. The van der Waals surface area contributed by atoms with Crippen molar-refractivity contribution in [3.8, 4) is 0 Å². The number of carbonyl (C=O) groups excluding carboxylic acids is 1. The van der Waals surface area contributed by atoms with Crippen LogP contribution in [0.3, 0.4) is 0 Å². The van der Waals surface area contributed by atoms with Gasteiger partial charge in [0.15, 0.2) is 0 Å². The van der Waals surface area contributed by atoms with E-state index in [9.17, 15) is 4.79 Å². The number of rotatable bonds is 4. The van der Waals surface area contributed by atoms with Crippen molar-refractivity contribution >= 4 is 5.97 Å². The van der Waals surface area contributed by atoms with Crippen molar-refractivity contribution < 1.29 is 9.53 Å². The maximum atomic E-state index is 11.6. The first-order chi connectivity index (χ1) is 8.29. The Hall–Kier alpha value is -1.35. The average molecular weight is 233 g/mol. The van der Waals surface area contributed by atoms with Crippen molar-refractivity contribution in [3.05, 3.63) is 35.9 Å². The monoisotopic (exact) mass is 233 g/mol. The third-order valence-electron chi connectivity index (χ3n) is 3.16. The van der Waals surface area contributed by atoms with E-state index in [2.05, 4.69) is 29.6 Å². The van der Waals surface area contributed by atoms with Gasteiger partial charge >= 0.3 is 5.97 Å². The minimum absolute atomic E-state index is 0.108. The van der Waals surface area contributed by atoms with Gasteiger partial charge in [0.1, 0.15) is 6.04 Å². The van der Waals surface area contributed by atoms with Crippen molar-refractivity contribution in [1.29, 1.82) is 0 Å². The average Bonchev–Trinajstić information content (AvgIpc) is 2.79. The Balaban J connectivity index is 1.84. The molecule has 3 heteroatoms. The van der Waals surface area contributed by atoms with E-state index in [1.54, 1.807) is 0 Å². The lowest BCUT2D eigenvalue weighted by Crippen LogP contribution is -2.32. The Morgan fingerprint density at radius 3 is 2.88 bits per heavy atom. The van der Waals surface area contributed by atoms with Gasteiger partial charge < -0.3 is 10.1 Å². The molecule has 0 aliphatic carbocycles. The molecule has 1 N–H and O–H groups in total. The SMILES string of the molecule is CCOC(=O)[C@H]1C[C@H](Cc2ccccc2)CN1. The van der Waals surface area contributed by atoms with Crippen molar-refractivity contribution in [2.24, 2.45) is 5.92 Å². The van der Waals surface area contributed by atoms with E-state index in [0.717, 1.165) is 19.4 Å². The van der Waals surface area contributed by atoms with Crippen LogP contribution in [-0.4, -0.2) is 25.2 Å². The molecule has 0 aromatic heterocycles. The second kappa shape index (κ2) is 5.82. The van der Waals surface area contributed by atoms with Gasteiger partial charge in [-0.15, -0.1) is 0 Å². The summed E-state index contributed by atoms with van der Waals surface area (Å²) < 4.78 is 5.02. The van der Waals surface area contributed by atoms with Crippen molar-refractivity contribution in [2.45, 2.75) is 25.8 Å². The molecule has 1 fully saturated rings. The molecule has 92 valence electrons. The predicted octanol–water partition coefficient (Wildman–Crippen LogP) is 1.77. The first-order valence-electron chi connectivity index (χ1n) is 6.23. The van der Waals surface area contributed by atoms with Crippen LogP contribution >= 0.6 is 0 Å². The summed E-state index contributed by atoms with van der Waals surface area (Å²) in [6, 6.07) is 10.3. The highest BCUT2D eigenvalue weighted by Crippen LogP contribution is 2.19. The molecule has 1 heterocycles. The highest BCUT2D eigenvalue weighted by atomic mass is 16.5. The minimum Gasteiger partial charge on any atom is -0.465 e. The standard InChI is InChI=1S/C14H19NO2/c1-2-17-14(16)13-9-12(10-15-13)8-11-6-4-3-5-7-11/h3-7,12-13,15H,2,8-10H2,1H3/t12-,13+/m0/s1. The van der Waals surface area contributed by atoms with Crippen LogP contribution in [-0.2, 0) is 16.0 Å². The minimum atomic E-state index is -0.108. The summed E-state index contributed by atoms with van der Waals surface area (Å²) in [5, 5.41) is 3.24. The number of benzene rings is 1. The van der Waals surface area contributed by atoms with Crippen LogP contribution < -0.4 is 5.32 Å². The fraction of sp³-hybridized carbons (Fsp3) is 0.500. The molecule has 1 aromatic rings. The van der Waals surface area contributed by atoms with Crippen LogP contribution in [0.15, 0.2) is 30.3 Å². The van der Waals surface area contributed by atoms with Gasteiger partial charge in [0, 0.05) is 0 Å². The Kier molecular flexibility index (Phi) is 4.15. The van der Waals surface area contributed by atoms with Crippen molar-refractivity contribution in [2.75, 3.05) is 13.2 Å². The maximum absolute atomic E-state index is 11.6. The van der Waals surface area contributed by atoms with E-state index in [1.807, 2.05) is 13.0 Å². The number of esters is 1. The molecular formula is C14H19NO2. The van der Waals surface area contributed by atoms with Crippen LogP contribution in [0.25, 0.3) is 0 Å². The van der Waals surface area contributed by atoms with Gasteiger partial charge in [-0.3, -0.25) is 4.79 Å². The highest BCUT2D eigenvalue weighted by molar-refractivity contribution is 5.76. The number of hydrogen-bond donors (Lipinski definition) is 1. The van der Waals surface area contributed by atoms with Crippen LogP contribution in [0.1, 0.15) is 18.9 Å². The lowest BCUT2D eigenvalue weighted by atomic mass is 9.97. The summed E-state index contributed by atoms with van der Waals surface area (Å²) in [6.07, 6.45) is 1.91. The van der Waals surface area contributed by atoms with Gasteiger partial charge in [-0.05, 0) is 37.8 Å². The van der Waals surface area contributed by atoms with Gasteiger partial charge in [0.05, 0.1) is 6.61 Å². The Labute approximate surface area is 102 Å². The quantitative estimate of drug-likeness (QED) is 0.805. The fourth-order valence-corrected chi connectivity index (χ4v) is 2.33. The van der Waals surface area contributed by atoms with Gasteiger partial charge in [-0.25, -0.2) is 0 Å². The zero-order chi connectivity index (χ0) is 12.1. The molecule has 1 aromatic carbocycles. The third-order valence-corrected chi connectivity index (χ3v) is 3.16. The molecule has 0 saturated carbocycles. The van der Waals surface area contributed by atoms with E-state index < -0.39 is 0 Å². The zero-order valence-corrected chi connectivity index (χ0v) is 10.2. The summed E-state index contributed by atoms with van der Waals surface area (Å²) >= 11 is 0. The molecule has 1 saturated heterocycles. The largest absolute Gasteiger partial charge is 0.465 e. The van der Waals surface area contributed by atoms with Crippen LogP contribution in [0, 0.1) is 5.92 Å². The number of ether oxygens (including phenoxy) is 1. The van der Waals surface area contributed by atoms with E-state index in [1.165, 1.54) is 5.56 Å². The molecule has 1 aliphatic rings. The normalized spacial score (nSPS) is 23.6. The molecule has 2 atom stereocenters. The van der Waals surface area contributed by atoms with E-state index in [0.29, 0.717) is 12.5 Å². The summed E-state index contributed by atoms with van der Waals surface area (Å²) in [6.45, 7) is 3.20. The van der Waals surface area contributed by atoms with E-state index in [4.69, 9.17) is 4.74 Å². The van der Waals surface area contributed by atoms with Crippen LogP contribution in [0.4, 0.5) is 0 Å². The molecule has 2 rings (SSSR count). The summed E-state index contributed by atoms with van der Waals surface area (Å²) in [7, 11) is 0. The molecule has 1 aliphatic heterocycles. The van der Waals surface area contributed by atoms with E-state index >= 15 is 0 Å². The second-order valence-electron chi connectivity index (χ2n) is 4.50. The zero-order valence-electron chi connectivity index (χ0n) is 10.2. The van der Waals surface area contributed by atoms with Gasteiger partial charge in [0.2, 0.25) is 0 Å². The predicted molar refractivity (Wildman–Crippen MR) is 66.7 cm³/mol. The van der Waals surface area contributed by atoms with Gasteiger partial charge in [0.25, 0.3) is 0 Å². The smallest absolute Gasteiger partial charge is 0.323 e. The third kappa shape index (κ3) is 3.30. The number of carbonyl (C=O) groups is 1. The topological polar surface area (TPSA) is 38.3 Å². The summed E-state index contributed by atoms with van der Waals surface area (Å²) in [4.78, 5) is 11.6. The van der Waals surface area contributed by atoms with Gasteiger partial charge in [-0.1, -0.05) is 30.3 Å². The Morgan fingerprint density at radius 1 is 1.41 bits per heavy atom. The number of nitrogens with one attached hydrogen (secondary N) is 1. The molecular weight excluding hydrogens is 214 g/mol. The molecule has 0 spiro atoms. The fourth-order valence-electron chi connectivity index (χ4n) is 2.33. The summed E-state index contributed by atoms with van der Waals surface area (Å²) in [5.74, 6) is 0.426. The molecule has 0 bridgehead atoms. The maximum Gasteiger partial charge on any atom is 0.323 e. The lowest BCUT2D eigenvalue weighted by molar-refractivity contribution is -0.145. The van der Waals surface area contributed by atoms with E-state index in [-0.39, 0.29) is 12.0 Å². The first kappa shape index (κ1) is 12.1. The van der Waals surface area contributed by atoms with Crippen molar-refractivity contribution in [1.82, 2.24) is 5.32 Å². The van der Waals surface area contributed by atoms with Crippen molar-refractivity contribution in [3.63, 3.8) is 0 Å². The second-order valence-corrected chi connectivity index (χ2v) is 4.50. The number of hydrogen-bond acceptors (Lipinski definition) is 3. The lowest BCUT2D eigenvalue weighted by Gasteiger charge is -2.09. The summed E-state index contributed by atoms with van der Waals surface area (Å²) in [5.41, 5.74) is 1.34. The highest BCUT2D eigenvalue weighted by Gasteiger charge is 2.30. The molecule has 17 heavy (non-hydrogen) atoms. The molecule has 0 unspecified atom stereocenters. The first-order valence-corrected chi connectivity index (χ1v) is 6.23.